The van der Waals surface area contributed by atoms with E-state index in [1.54, 1.807) is 19.9 Å². The molecule has 4 aromatic rings. The highest BCUT2D eigenvalue weighted by molar-refractivity contribution is 6.01. The van der Waals surface area contributed by atoms with Gasteiger partial charge in [0.1, 0.15) is 28.6 Å². The Bertz CT molecular complexity index is 1500. The molecule has 0 aliphatic carbocycles. The summed E-state index contributed by atoms with van der Waals surface area (Å²) >= 11 is 0. The molecule has 2 aromatic carbocycles. The van der Waals surface area contributed by atoms with Crippen LogP contribution in [0.4, 0.5) is 14.6 Å². The van der Waals surface area contributed by atoms with Crippen molar-refractivity contribution in [2.75, 3.05) is 25.1 Å². The maximum atomic E-state index is 16.2. The topological polar surface area (TPSA) is 91.6 Å². The number of phenols is 1. The average Bonchev–Trinajstić information content (AvgIpc) is 2.88. The number of ether oxygens (including phenoxy) is 1. The molecule has 194 valence electrons. The number of rotatable bonds is 5. The Morgan fingerprint density at radius 3 is 2.68 bits per heavy atom. The van der Waals surface area contributed by atoms with Gasteiger partial charge in [-0.05, 0) is 67.6 Å². The van der Waals surface area contributed by atoms with Gasteiger partial charge in [-0.15, -0.1) is 0 Å². The second kappa shape index (κ2) is 9.37. The van der Waals surface area contributed by atoms with Gasteiger partial charge in [-0.1, -0.05) is 13.0 Å². The third-order valence-electron chi connectivity index (χ3n) is 7.31. The number of methoxy groups -OCH3 is 1. The molecule has 1 fully saturated rings. The molecule has 37 heavy (non-hydrogen) atoms. The van der Waals surface area contributed by atoms with Crippen molar-refractivity contribution < 1.29 is 23.7 Å². The lowest BCUT2D eigenvalue weighted by molar-refractivity contribution is 0.0110. The zero-order valence-corrected chi connectivity index (χ0v) is 21.3. The van der Waals surface area contributed by atoms with Crippen molar-refractivity contribution >= 4 is 27.5 Å². The van der Waals surface area contributed by atoms with Gasteiger partial charge in [-0.2, -0.15) is 9.97 Å². The molecule has 3 heterocycles. The van der Waals surface area contributed by atoms with E-state index in [1.165, 1.54) is 31.5 Å². The molecule has 7 nitrogen and oxygen atoms in total. The number of aryl methyl sites for hydroxylation is 1. The zero-order valence-electron chi connectivity index (χ0n) is 21.3. The van der Waals surface area contributed by atoms with E-state index >= 15 is 4.39 Å². The first-order chi connectivity index (χ1) is 17.6. The molecule has 0 spiro atoms. The molecule has 1 aliphatic rings. The number of phenolic OH excluding ortho intramolecular Hbond substituents is 1. The van der Waals surface area contributed by atoms with Crippen LogP contribution in [-0.4, -0.2) is 51.0 Å². The summed E-state index contributed by atoms with van der Waals surface area (Å²) in [6, 6.07) is 5.83. The molecular weight excluding hydrogens is 478 g/mol. The molecule has 0 amide bonds. The molecule has 0 saturated carbocycles. The number of anilines is 1. The lowest BCUT2D eigenvalue weighted by atomic mass is 9.84. The summed E-state index contributed by atoms with van der Waals surface area (Å²) in [5.41, 5.74) is -0.201. The minimum Gasteiger partial charge on any atom is -0.508 e. The number of fused-ring (bicyclic) bond motifs is 2. The van der Waals surface area contributed by atoms with Crippen LogP contribution >= 0.6 is 0 Å². The number of pyridine rings is 1. The normalized spacial score (nSPS) is 16.5. The van der Waals surface area contributed by atoms with Crippen LogP contribution in [0.5, 0.6) is 11.8 Å². The zero-order chi connectivity index (χ0) is 26.5. The van der Waals surface area contributed by atoms with Crippen molar-refractivity contribution in [1.29, 1.82) is 0 Å². The van der Waals surface area contributed by atoms with Crippen LogP contribution in [0.3, 0.4) is 0 Å². The van der Waals surface area contributed by atoms with Gasteiger partial charge in [-0.25, -0.2) is 8.78 Å². The van der Waals surface area contributed by atoms with Gasteiger partial charge in [0.2, 0.25) is 0 Å². The van der Waals surface area contributed by atoms with Crippen LogP contribution in [-0.2, 0) is 6.42 Å². The van der Waals surface area contributed by atoms with E-state index in [-0.39, 0.29) is 34.5 Å². The third kappa shape index (κ3) is 4.41. The Morgan fingerprint density at radius 1 is 1.19 bits per heavy atom. The summed E-state index contributed by atoms with van der Waals surface area (Å²) in [6.45, 7) is 6.63. The largest absolute Gasteiger partial charge is 0.508 e. The van der Waals surface area contributed by atoms with E-state index in [0.717, 1.165) is 12.8 Å². The second-order valence-corrected chi connectivity index (χ2v) is 10.1. The average molecular weight is 509 g/mol. The second-order valence-electron chi connectivity index (χ2n) is 10.1. The predicted molar refractivity (Wildman–Crippen MR) is 139 cm³/mol. The van der Waals surface area contributed by atoms with Crippen molar-refractivity contribution in [1.82, 2.24) is 15.0 Å². The van der Waals surface area contributed by atoms with Crippen LogP contribution in [0.25, 0.3) is 32.9 Å². The standard InChI is InChI=1S/C28H30F2N4O3/c1-5-18-21(29)9-8-15-11-17(35)12-19(22(15)18)24-23(30)25-20(13-31-24)26(33-27(32-25)37-4)34-10-6-7-16(14-34)28(2,3)36/h8-9,11-13,16,35-36H,5-7,10,14H2,1-4H3. The summed E-state index contributed by atoms with van der Waals surface area (Å²) < 4.78 is 36.3. The van der Waals surface area contributed by atoms with E-state index in [4.69, 9.17) is 4.74 Å². The summed E-state index contributed by atoms with van der Waals surface area (Å²) in [5.74, 6) is -0.704. The maximum Gasteiger partial charge on any atom is 0.318 e. The van der Waals surface area contributed by atoms with Crippen molar-refractivity contribution in [3.63, 3.8) is 0 Å². The summed E-state index contributed by atoms with van der Waals surface area (Å²) in [7, 11) is 1.42. The van der Waals surface area contributed by atoms with E-state index in [2.05, 4.69) is 15.0 Å². The number of halogens is 2. The highest BCUT2D eigenvalue weighted by atomic mass is 19.1. The molecule has 2 aromatic heterocycles. The third-order valence-corrected chi connectivity index (χ3v) is 7.31. The molecule has 2 N–H and O–H groups in total. The van der Waals surface area contributed by atoms with Gasteiger partial charge in [0.25, 0.3) is 0 Å². The Morgan fingerprint density at radius 2 is 1.97 bits per heavy atom. The van der Waals surface area contributed by atoms with E-state index in [0.29, 0.717) is 47.1 Å². The molecule has 5 rings (SSSR count). The summed E-state index contributed by atoms with van der Waals surface area (Å²) in [5, 5.41) is 22.5. The van der Waals surface area contributed by atoms with Crippen LogP contribution in [0.2, 0.25) is 0 Å². The first-order valence-electron chi connectivity index (χ1n) is 12.4. The van der Waals surface area contributed by atoms with Crippen LogP contribution in [0.15, 0.2) is 30.5 Å². The van der Waals surface area contributed by atoms with Crippen molar-refractivity contribution in [3.8, 4) is 23.0 Å². The highest BCUT2D eigenvalue weighted by Crippen LogP contribution is 2.39. The lowest BCUT2D eigenvalue weighted by Crippen LogP contribution is -2.45. The monoisotopic (exact) mass is 508 g/mol. The fourth-order valence-corrected chi connectivity index (χ4v) is 5.32. The van der Waals surface area contributed by atoms with Crippen LogP contribution < -0.4 is 9.64 Å². The summed E-state index contributed by atoms with van der Waals surface area (Å²) in [6.07, 6.45) is 3.61. The molecule has 1 unspecified atom stereocenters. The number of benzene rings is 2. The van der Waals surface area contributed by atoms with Crippen LogP contribution in [0, 0.1) is 17.6 Å². The molecule has 9 heteroatoms. The smallest absolute Gasteiger partial charge is 0.318 e. The van der Waals surface area contributed by atoms with E-state index in [1.807, 2.05) is 11.8 Å². The number of aromatic hydroxyl groups is 1. The fourth-order valence-electron chi connectivity index (χ4n) is 5.32. The number of nitrogens with zero attached hydrogens (tertiary/aromatic N) is 4. The molecular formula is C28H30F2N4O3. The van der Waals surface area contributed by atoms with Gasteiger partial charge >= 0.3 is 6.01 Å². The Balaban J connectivity index is 1.73. The quantitative estimate of drug-likeness (QED) is 0.374. The Kier molecular flexibility index (Phi) is 6.35. The van der Waals surface area contributed by atoms with Gasteiger partial charge in [0, 0.05) is 30.8 Å². The highest BCUT2D eigenvalue weighted by Gasteiger charge is 2.33. The van der Waals surface area contributed by atoms with Crippen molar-refractivity contribution in [2.45, 2.75) is 45.6 Å². The fraction of sp³-hybridized carbons (Fsp3) is 0.393. The van der Waals surface area contributed by atoms with Gasteiger partial charge in [-0.3, -0.25) is 4.98 Å². The van der Waals surface area contributed by atoms with Crippen LogP contribution in [0.1, 0.15) is 39.2 Å². The first-order valence-corrected chi connectivity index (χ1v) is 12.4. The van der Waals surface area contributed by atoms with Crippen molar-refractivity contribution in [3.05, 3.63) is 47.7 Å². The van der Waals surface area contributed by atoms with Crippen molar-refractivity contribution in [2.24, 2.45) is 5.92 Å². The van der Waals surface area contributed by atoms with Gasteiger partial charge < -0.3 is 19.8 Å². The molecule has 1 aliphatic heterocycles. The number of aliphatic hydroxyl groups is 1. The SMILES string of the molecule is CCc1c(F)ccc2cc(O)cc(-c3ncc4c(N5CCCC(C(C)(C)O)C5)nc(OC)nc4c3F)c12. The van der Waals surface area contributed by atoms with Gasteiger partial charge in [0.05, 0.1) is 18.1 Å². The first kappa shape index (κ1) is 25.1. The Labute approximate surface area is 213 Å². The lowest BCUT2D eigenvalue weighted by Gasteiger charge is -2.39. The molecule has 0 radical (unpaired) electrons. The predicted octanol–water partition coefficient (Wildman–Crippen LogP) is 5.39. The Hall–Kier alpha value is -3.59. The van der Waals surface area contributed by atoms with E-state index < -0.39 is 17.2 Å². The number of hydrogen-bond donors (Lipinski definition) is 2. The minimum atomic E-state index is -0.870. The molecule has 0 bridgehead atoms. The molecule has 1 atom stereocenters. The number of hydrogen-bond acceptors (Lipinski definition) is 7. The minimum absolute atomic E-state index is 0.00462. The summed E-state index contributed by atoms with van der Waals surface area (Å²) in [4.78, 5) is 15.3. The van der Waals surface area contributed by atoms with Gasteiger partial charge in [0.15, 0.2) is 5.82 Å². The number of piperidine rings is 1. The van der Waals surface area contributed by atoms with E-state index in [9.17, 15) is 14.6 Å². The maximum absolute atomic E-state index is 16.2. The number of aromatic nitrogens is 3. The molecule has 1 saturated heterocycles.